The van der Waals surface area contributed by atoms with Crippen molar-refractivity contribution in [1.82, 2.24) is 5.32 Å². The number of phenolic OH excluding ortho intramolecular Hbond substituents is 1. The molecule has 25 heavy (non-hydrogen) atoms. The molecule has 1 aliphatic rings. The molecule has 8 heteroatoms. The molecule has 0 unspecified atom stereocenters. The number of carbonyl (C=O) groups is 3. The van der Waals surface area contributed by atoms with Gasteiger partial charge in [0.15, 0.2) is 0 Å². The van der Waals surface area contributed by atoms with E-state index in [0.717, 1.165) is 4.90 Å². The van der Waals surface area contributed by atoms with E-state index >= 15 is 0 Å². The van der Waals surface area contributed by atoms with E-state index in [1.54, 1.807) is 36.4 Å². The molecule has 1 aliphatic heterocycles. The number of barbiturate groups is 1. The summed E-state index contributed by atoms with van der Waals surface area (Å²) in [4.78, 5) is 37.9. The summed E-state index contributed by atoms with van der Waals surface area (Å²) in [7, 11) is 0. The molecule has 0 saturated carbocycles. The highest BCUT2D eigenvalue weighted by atomic mass is 127. The van der Waals surface area contributed by atoms with Gasteiger partial charge in [-0.2, -0.15) is 0 Å². The second-order valence-corrected chi connectivity index (χ2v) is 7.23. The number of phenols is 1. The Labute approximate surface area is 164 Å². The lowest BCUT2D eigenvalue weighted by Crippen LogP contribution is -2.54. The first-order chi connectivity index (χ1) is 11.9. The summed E-state index contributed by atoms with van der Waals surface area (Å²) in [5.41, 5.74) is 0.737. The Kier molecular flexibility index (Phi) is 4.91. The van der Waals surface area contributed by atoms with Crippen LogP contribution in [-0.2, 0) is 9.59 Å². The van der Waals surface area contributed by atoms with E-state index in [1.165, 1.54) is 12.1 Å². The minimum atomic E-state index is -0.800. The molecule has 1 fully saturated rings. The maximum absolute atomic E-state index is 12.7. The standard InChI is InChI=1S/C17H10BrIN2O4/c18-10-2-1-3-11(8-10)21-16(24)12(15(23)20-17(21)25)6-9-4-5-14(22)13(19)7-9/h1-8,22H,(H,20,23,25)/b12-6+. The molecule has 0 aromatic heterocycles. The van der Waals surface area contributed by atoms with Crippen molar-refractivity contribution in [1.29, 1.82) is 0 Å². The smallest absolute Gasteiger partial charge is 0.335 e. The number of benzene rings is 2. The first-order valence-corrected chi connectivity index (χ1v) is 8.89. The quantitative estimate of drug-likeness (QED) is 0.367. The van der Waals surface area contributed by atoms with Crippen LogP contribution in [-0.4, -0.2) is 23.0 Å². The highest BCUT2D eigenvalue weighted by Crippen LogP contribution is 2.26. The van der Waals surface area contributed by atoms with E-state index in [9.17, 15) is 19.5 Å². The molecular weight excluding hydrogens is 503 g/mol. The average Bonchev–Trinajstić information content (AvgIpc) is 2.54. The fourth-order valence-corrected chi connectivity index (χ4v) is 3.21. The molecule has 0 spiro atoms. The van der Waals surface area contributed by atoms with Gasteiger partial charge in [-0.25, -0.2) is 9.69 Å². The van der Waals surface area contributed by atoms with Gasteiger partial charge in [-0.05, 0) is 64.6 Å². The van der Waals surface area contributed by atoms with Crippen LogP contribution in [0.5, 0.6) is 5.75 Å². The lowest BCUT2D eigenvalue weighted by Gasteiger charge is -2.26. The number of nitrogens with one attached hydrogen (secondary N) is 1. The monoisotopic (exact) mass is 512 g/mol. The zero-order valence-electron chi connectivity index (χ0n) is 12.5. The summed E-state index contributed by atoms with van der Waals surface area (Å²) < 4.78 is 1.27. The number of halogens is 2. The molecular formula is C17H10BrIN2O4. The molecule has 2 N–H and O–H groups in total. The van der Waals surface area contributed by atoms with Gasteiger partial charge in [0, 0.05) is 4.47 Å². The molecule has 2 aromatic carbocycles. The number of aromatic hydroxyl groups is 1. The van der Waals surface area contributed by atoms with E-state index in [4.69, 9.17) is 0 Å². The van der Waals surface area contributed by atoms with Crippen molar-refractivity contribution < 1.29 is 19.5 Å². The van der Waals surface area contributed by atoms with Gasteiger partial charge in [0.1, 0.15) is 11.3 Å². The van der Waals surface area contributed by atoms with Gasteiger partial charge in [-0.15, -0.1) is 0 Å². The van der Waals surface area contributed by atoms with Gasteiger partial charge in [0.05, 0.1) is 9.26 Å². The van der Waals surface area contributed by atoms with Crippen LogP contribution < -0.4 is 10.2 Å². The van der Waals surface area contributed by atoms with Crippen LogP contribution in [0.4, 0.5) is 10.5 Å². The molecule has 1 saturated heterocycles. The highest BCUT2D eigenvalue weighted by Gasteiger charge is 2.36. The number of hydrogen-bond acceptors (Lipinski definition) is 4. The third kappa shape index (κ3) is 3.59. The van der Waals surface area contributed by atoms with Gasteiger partial charge < -0.3 is 5.11 Å². The van der Waals surface area contributed by atoms with Gasteiger partial charge in [-0.3, -0.25) is 14.9 Å². The fraction of sp³-hybridized carbons (Fsp3) is 0. The van der Waals surface area contributed by atoms with Crippen molar-refractivity contribution >= 4 is 68.1 Å². The highest BCUT2D eigenvalue weighted by molar-refractivity contribution is 14.1. The summed E-state index contributed by atoms with van der Waals surface area (Å²) in [6.07, 6.45) is 1.39. The number of amides is 4. The van der Waals surface area contributed by atoms with Gasteiger partial charge in [0.2, 0.25) is 0 Å². The third-order valence-electron chi connectivity index (χ3n) is 3.45. The van der Waals surface area contributed by atoms with E-state index in [1.807, 2.05) is 22.6 Å². The van der Waals surface area contributed by atoms with Gasteiger partial charge >= 0.3 is 6.03 Å². The zero-order chi connectivity index (χ0) is 18.1. The Morgan fingerprint density at radius 2 is 1.88 bits per heavy atom. The normalized spacial score (nSPS) is 16.3. The topological polar surface area (TPSA) is 86.7 Å². The molecule has 1 heterocycles. The maximum Gasteiger partial charge on any atom is 0.335 e. The average molecular weight is 513 g/mol. The van der Waals surface area contributed by atoms with Crippen LogP contribution in [0.2, 0.25) is 0 Å². The number of imide groups is 2. The summed E-state index contributed by atoms with van der Waals surface area (Å²) >= 11 is 5.23. The van der Waals surface area contributed by atoms with E-state index in [-0.39, 0.29) is 11.3 Å². The van der Waals surface area contributed by atoms with Crippen molar-refractivity contribution in [2.24, 2.45) is 0 Å². The third-order valence-corrected chi connectivity index (χ3v) is 4.81. The maximum atomic E-state index is 12.7. The first kappa shape index (κ1) is 17.6. The van der Waals surface area contributed by atoms with E-state index in [2.05, 4.69) is 21.2 Å². The number of nitrogens with zero attached hydrogens (tertiary/aromatic N) is 1. The van der Waals surface area contributed by atoms with Crippen LogP contribution in [0.1, 0.15) is 5.56 Å². The Morgan fingerprint density at radius 1 is 1.12 bits per heavy atom. The molecule has 0 atom stereocenters. The van der Waals surface area contributed by atoms with Crippen molar-refractivity contribution in [2.45, 2.75) is 0 Å². The summed E-state index contributed by atoms with van der Waals surface area (Å²) in [5.74, 6) is -1.37. The molecule has 126 valence electrons. The van der Waals surface area contributed by atoms with Crippen LogP contribution in [0.15, 0.2) is 52.5 Å². The number of anilines is 1. The predicted octanol–water partition coefficient (Wildman–Crippen LogP) is 3.43. The van der Waals surface area contributed by atoms with Crippen LogP contribution >= 0.6 is 38.5 Å². The Morgan fingerprint density at radius 3 is 2.56 bits per heavy atom. The summed E-state index contributed by atoms with van der Waals surface area (Å²) in [6.45, 7) is 0. The van der Waals surface area contributed by atoms with Gasteiger partial charge in [-0.1, -0.05) is 28.1 Å². The largest absolute Gasteiger partial charge is 0.507 e. The predicted molar refractivity (Wildman–Crippen MR) is 104 cm³/mol. The minimum Gasteiger partial charge on any atom is -0.507 e. The Bertz CT molecular complexity index is 942. The van der Waals surface area contributed by atoms with Crippen molar-refractivity contribution in [3.05, 3.63) is 61.6 Å². The van der Waals surface area contributed by atoms with Crippen molar-refractivity contribution in [3.8, 4) is 5.75 Å². The van der Waals surface area contributed by atoms with Crippen molar-refractivity contribution in [3.63, 3.8) is 0 Å². The summed E-state index contributed by atoms with van der Waals surface area (Å²) in [6, 6.07) is 10.5. The number of urea groups is 1. The Balaban J connectivity index is 2.03. The number of carbonyl (C=O) groups excluding carboxylic acids is 3. The summed E-state index contributed by atoms with van der Waals surface area (Å²) in [5, 5.41) is 11.7. The fourth-order valence-electron chi connectivity index (χ4n) is 2.29. The molecule has 6 nitrogen and oxygen atoms in total. The van der Waals surface area contributed by atoms with Gasteiger partial charge in [0.25, 0.3) is 11.8 Å². The zero-order valence-corrected chi connectivity index (χ0v) is 16.2. The molecule has 2 aromatic rings. The first-order valence-electron chi connectivity index (χ1n) is 7.02. The molecule has 4 amide bonds. The number of hydrogen-bond donors (Lipinski definition) is 2. The molecule has 0 radical (unpaired) electrons. The van der Waals surface area contributed by atoms with E-state index < -0.39 is 17.8 Å². The van der Waals surface area contributed by atoms with Crippen LogP contribution in [0.25, 0.3) is 6.08 Å². The van der Waals surface area contributed by atoms with Crippen LogP contribution in [0.3, 0.4) is 0 Å². The lowest BCUT2D eigenvalue weighted by molar-refractivity contribution is -0.122. The van der Waals surface area contributed by atoms with E-state index in [0.29, 0.717) is 19.3 Å². The minimum absolute atomic E-state index is 0.105. The number of rotatable bonds is 2. The molecule has 0 aliphatic carbocycles. The second kappa shape index (κ2) is 6.96. The second-order valence-electron chi connectivity index (χ2n) is 5.15. The van der Waals surface area contributed by atoms with Crippen molar-refractivity contribution in [2.75, 3.05) is 4.90 Å². The van der Waals surface area contributed by atoms with Crippen LogP contribution in [0, 0.1) is 3.57 Å². The Hall–Kier alpha value is -2.20. The molecule has 3 rings (SSSR count). The lowest BCUT2D eigenvalue weighted by atomic mass is 10.1. The molecule has 0 bridgehead atoms. The SMILES string of the molecule is O=C1NC(=O)N(c2cccc(Br)c2)C(=O)/C1=C/c1ccc(O)c(I)c1.